The minimum Gasteiger partial charge on any atom is -0.397 e. The van der Waals surface area contributed by atoms with E-state index in [0.29, 0.717) is 0 Å². The van der Waals surface area contributed by atoms with Gasteiger partial charge in [0.25, 0.3) is 0 Å². The minimum atomic E-state index is -4.06. The lowest BCUT2D eigenvalue weighted by atomic mass is 10.3. The van der Waals surface area contributed by atoms with Crippen molar-refractivity contribution >= 4 is 25.7 Å². The van der Waals surface area contributed by atoms with Gasteiger partial charge in [0, 0.05) is 0 Å². The average molecular weight is 251 g/mol. The largest absolute Gasteiger partial charge is 0.397 e. The number of hydrogen-bond acceptors (Lipinski definition) is 5. The van der Waals surface area contributed by atoms with Crippen molar-refractivity contribution in [2.24, 2.45) is 10.3 Å². The first-order chi connectivity index (χ1) is 6.64. The molecule has 0 atom stereocenters. The summed E-state index contributed by atoms with van der Waals surface area (Å²) >= 11 is 0. The predicted octanol–water partition coefficient (Wildman–Crippen LogP) is -1.44. The fraction of sp³-hybridized carbons (Fsp3) is 0. The van der Waals surface area contributed by atoms with Crippen LogP contribution in [0.4, 0.5) is 5.69 Å². The van der Waals surface area contributed by atoms with Crippen LogP contribution in [0.5, 0.6) is 0 Å². The van der Waals surface area contributed by atoms with Crippen molar-refractivity contribution in [3.05, 3.63) is 18.2 Å². The van der Waals surface area contributed by atoms with E-state index < -0.39 is 35.5 Å². The van der Waals surface area contributed by atoms with Gasteiger partial charge in [0.05, 0.1) is 5.69 Å². The van der Waals surface area contributed by atoms with Gasteiger partial charge in [-0.2, -0.15) is 0 Å². The molecule has 0 aliphatic rings. The molecule has 0 heterocycles. The fourth-order valence-corrected chi connectivity index (χ4v) is 2.45. The van der Waals surface area contributed by atoms with Gasteiger partial charge in [0.1, 0.15) is 9.79 Å². The number of hydrogen-bond donors (Lipinski definition) is 3. The highest BCUT2D eigenvalue weighted by atomic mass is 32.2. The number of rotatable bonds is 2. The van der Waals surface area contributed by atoms with Crippen LogP contribution in [0, 0.1) is 0 Å². The molecule has 0 unspecified atom stereocenters. The molecule has 0 aromatic heterocycles. The molecular weight excluding hydrogens is 242 g/mol. The summed E-state index contributed by atoms with van der Waals surface area (Å²) in [5.74, 6) is 0. The van der Waals surface area contributed by atoms with Crippen molar-refractivity contribution in [3.63, 3.8) is 0 Å². The van der Waals surface area contributed by atoms with E-state index in [9.17, 15) is 16.8 Å². The highest BCUT2D eigenvalue weighted by molar-refractivity contribution is 7.90. The highest BCUT2D eigenvalue weighted by Crippen LogP contribution is 2.23. The van der Waals surface area contributed by atoms with Crippen LogP contribution in [-0.2, 0) is 20.0 Å². The Morgan fingerprint density at radius 2 is 1.20 bits per heavy atom. The SMILES string of the molecule is Nc1c(S(N)(=O)=O)cccc1S(N)(=O)=O. The molecule has 0 aliphatic carbocycles. The summed E-state index contributed by atoms with van der Waals surface area (Å²) in [6, 6.07) is 3.38. The van der Waals surface area contributed by atoms with Crippen molar-refractivity contribution in [2.45, 2.75) is 9.79 Å². The number of benzene rings is 1. The molecule has 9 heteroatoms. The van der Waals surface area contributed by atoms with Crippen LogP contribution in [0.1, 0.15) is 0 Å². The van der Waals surface area contributed by atoms with Crippen LogP contribution >= 0.6 is 0 Å². The number of para-hydroxylation sites is 1. The summed E-state index contributed by atoms with van der Waals surface area (Å²) in [7, 11) is -8.12. The smallest absolute Gasteiger partial charge is 0.240 e. The molecule has 0 radical (unpaired) electrons. The first-order valence-electron chi connectivity index (χ1n) is 3.58. The van der Waals surface area contributed by atoms with E-state index in [1.54, 1.807) is 0 Å². The molecule has 84 valence electrons. The Balaban J connectivity index is 3.65. The maximum Gasteiger partial charge on any atom is 0.240 e. The minimum absolute atomic E-state index is 0.464. The van der Waals surface area contributed by atoms with Crippen LogP contribution in [-0.4, -0.2) is 16.8 Å². The Morgan fingerprint density at radius 3 is 1.47 bits per heavy atom. The van der Waals surface area contributed by atoms with Gasteiger partial charge in [-0.05, 0) is 12.1 Å². The van der Waals surface area contributed by atoms with Gasteiger partial charge in [-0.25, -0.2) is 27.1 Å². The summed E-state index contributed by atoms with van der Waals surface area (Å²) in [6.07, 6.45) is 0. The third-order valence-electron chi connectivity index (χ3n) is 1.64. The molecule has 0 saturated carbocycles. The lowest BCUT2D eigenvalue weighted by Crippen LogP contribution is -2.19. The molecule has 1 rings (SSSR count). The van der Waals surface area contributed by atoms with Gasteiger partial charge in [-0.3, -0.25) is 0 Å². The van der Waals surface area contributed by atoms with E-state index in [-0.39, 0.29) is 0 Å². The Morgan fingerprint density at radius 1 is 0.867 bits per heavy atom. The van der Waals surface area contributed by atoms with Crippen molar-refractivity contribution < 1.29 is 16.8 Å². The molecule has 0 spiro atoms. The van der Waals surface area contributed by atoms with E-state index in [1.807, 2.05) is 0 Å². The van der Waals surface area contributed by atoms with Gasteiger partial charge >= 0.3 is 0 Å². The lowest BCUT2D eigenvalue weighted by Gasteiger charge is -2.06. The van der Waals surface area contributed by atoms with Crippen molar-refractivity contribution in [3.8, 4) is 0 Å². The molecular formula is C6H9N3O4S2. The summed E-state index contributed by atoms with van der Waals surface area (Å²) < 4.78 is 44.0. The predicted molar refractivity (Wildman–Crippen MR) is 53.6 cm³/mol. The molecule has 1 aromatic carbocycles. The third-order valence-corrected chi connectivity index (χ3v) is 3.58. The third kappa shape index (κ3) is 2.45. The van der Waals surface area contributed by atoms with E-state index in [4.69, 9.17) is 16.0 Å². The molecule has 1 aromatic rings. The fourth-order valence-electron chi connectivity index (χ4n) is 1.02. The van der Waals surface area contributed by atoms with Crippen LogP contribution in [0.15, 0.2) is 28.0 Å². The first kappa shape index (κ1) is 11.9. The highest BCUT2D eigenvalue weighted by Gasteiger charge is 2.19. The van der Waals surface area contributed by atoms with E-state index in [2.05, 4.69) is 0 Å². The van der Waals surface area contributed by atoms with Gasteiger partial charge in [0.2, 0.25) is 20.0 Å². The lowest BCUT2D eigenvalue weighted by molar-refractivity contribution is 0.597. The topological polar surface area (TPSA) is 146 Å². The Hall–Kier alpha value is -1.16. The Kier molecular flexibility index (Phi) is 2.74. The van der Waals surface area contributed by atoms with Crippen molar-refractivity contribution in [1.82, 2.24) is 0 Å². The molecule has 0 amide bonds. The summed E-state index contributed by atoms with van der Waals surface area (Å²) in [4.78, 5) is -0.928. The second-order valence-electron chi connectivity index (χ2n) is 2.76. The number of anilines is 1. The second kappa shape index (κ2) is 3.45. The number of nitrogen functional groups attached to an aromatic ring is 1. The van der Waals surface area contributed by atoms with E-state index in [0.717, 1.165) is 12.1 Å². The van der Waals surface area contributed by atoms with Crippen LogP contribution in [0.2, 0.25) is 0 Å². The van der Waals surface area contributed by atoms with Crippen molar-refractivity contribution in [1.29, 1.82) is 0 Å². The number of sulfonamides is 2. The zero-order valence-electron chi connectivity index (χ0n) is 7.41. The normalized spacial score (nSPS) is 12.7. The zero-order valence-corrected chi connectivity index (χ0v) is 9.05. The average Bonchev–Trinajstić information content (AvgIpc) is 1.99. The molecule has 6 N–H and O–H groups in total. The standard InChI is InChI=1S/C6H9N3O4S2/c7-6-4(14(8,10)11)2-1-3-5(6)15(9,12)13/h1-3H,7H2,(H2,8,10,11)(H2,9,12,13). The monoisotopic (exact) mass is 251 g/mol. The quantitative estimate of drug-likeness (QED) is 0.551. The summed E-state index contributed by atoms with van der Waals surface area (Å²) in [5, 5.41) is 9.65. The van der Waals surface area contributed by atoms with E-state index >= 15 is 0 Å². The van der Waals surface area contributed by atoms with Gasteiger partial charge in [-0.15, -0.1) is 0 Å². The maximum atomic E-state index is 11.0. The summed E-state index contributed by atoms with van der Waals surface area (Å²) in [6.45, 7) is 0. The molecule has 0 aliphatic heterocycles. The first-order valence-corrected chi connectivity index (χ1v) is 6.67. The molecule has 15 heavy (non-hydrogen) atoms. The molecule has 0 bridgehead atoms. The molecule has 0 saturated heterocycles. The van der Waals surface area contributed by atoms with E-state index in [1.165, 1.54) is 6.07 Å². The number of nitrogens with two attached hydrogens (primary N) is 3. The van der Waals surface area contributed by atoms with Crippen molar-refractivity contribution in [2.75, 3.05) is 5.73 Å². The number of primary sulfonamides is 2. The summed E-state index contributed by atoms with van der Waals surface area (Å²) in [5.41, 5.74) is 4.87. The second-order valence-corrected chi connectivity index (χ2v) is 5.82. The van der Waals surface area contributed by atoms with Gasteiger partial charge < -0.3 is 5.73 Å². The van der Waals surface area contributed by atoms with Gasteiger partial charge in [-0.1, -0.05) is 6.07 Å². The maximum absolute atomic E-state index is 11.0. The Bertz CT molecular complexity index is 541. The zero-order chi connectivity index (χ0) is 11.9. The molecule has 7 nitrogen and oxygen atoms in total. The van der Waals surface area contributed by atoms with Gasteiger partial charge in [0.15, 0.2) is 0 Å². The molecule has 0 fully saturated rings. The van der Waals surface area contributed by atoms with Crippen LogP contribution in [0.3, 0.4) is 0 Å². The van der Waals surface area contributed by atoms with Crippen LogP contribution in [0.25, 0.3) is 0 Å². The van der Waals surface area contributed by atoms with Crippen LogP contribution < -0.4 is 16.0 Å². The Labute approximate surface area is 87.0 Å².